The first-order chi connectivity index (χ1) is 15.5. The van der Waals surface area contributed by atoms with Crippen LogP contribution in [0.2, 0.25) is 0 Å². The summed E-state index contributed by atoms with van der Waals surface area (Å²) in [6, 6.07) is 20.6. The summed E-state index contributed by atoms with van der Waals surface area (Å²) in [6.45, 7) is 3.07. The largest absolute Gasteiger partial charge is 0.492 e. The number of carbonyl (C=O) groups is 1. The lowest BCUT2D eigenvalue weighted by atomic mass is 10.0. The first-order valence-corrected chi connectivity index (χ1v) is 10.8. The molecule has 0 aliphatic rings. The van der Waals surface area contributed by atoms with Crippen LogP contribution in [0, 0.1) is 0 Å². The third-order valence-electron chi connectivity index (χ3n) is 5.27. The first-order valence-electron chi connectivity index (χ1n) is 10.8. The third-order valence-corrected chi connectivity index (χ3v) is 5.27. The van der Waals surface area contributed by atoms with Crippen LogP contribution in [-0.2, 0) is 13.0 Å². The minimum atomic E-state index is -0.320. The molecule has 0 fully saturated rings. The third kappa shape index (κ3) is 6.28. The highest BCUT2D eigenvalue weighted by atomic mass is 16.5. The summed E-state index contributed by atoms with van der Waals surface area (Å²) in [5.74, 6) is 0.399. The van der Waals surface area contributed by atoms with Gasteiger partial charge in [-0.05, 0) is 49.8 Å². The molecule has 7 heteroatoms. The summed E-state index contributed by atoms with van der Waals surface area (Å²) in [7, 11) is 3.96. The lowest BCUT2D eigenvalue weighted by Crippen LogP contribution is -2.36. The molecule has 1 aromatic heterocycles. The van der Waals surface area contributed by atoms with Crippen LogP contribution in [0.15, 0.2) is 71.5 Å². The highest BCUT2D eigenvalue weighted by molar-refractivity contribution is 5.92. The molecule has 0 saturated carbocycles. The van der Waals surface area contributed by atoms with E-state index in [9.17, 15) is 9.59 Å². The molecule has 0 radical (unpaired) electrons. The van der Waals surface area contributed by atoms with E-state index in [0.717, 1.165) is 17.7 Å². The van der Waals surface area contributed by atoms with E-state index in [-0.39, 0.29) is 36.4 Å². The average molecular weight is 435 g/mol. The number of aromatic nitrogens is 2. The lowest BCUT2D eigenvalue weighted by molar-refractivity contribution is 0.0934. The van der Waals surface area contributed by atoms with Gasteiger partial charge in [0.25, 0.3) is 11.5 Å². The predicted octanol–water partition coefficient (Wildman–Crippen LogP) is 2.92. The fourth-order valence-corrected chi connectivity index (χ4v) is 3.35. The molecule has 168 valence electrons. The van der Waals surface area contributed by atoms with E-state index in [1.54, 1.807) is 0 Å². The van der Waals surface area contributed by atoms with Gasteiger partial charge in [-0.15, -0.1) is 0 Å². The van der Waals surface area contributed by atoms with Crippen molar-refractivity contribution in [3.63, 3.8) is 0 Å². The summed E-state index contributed by atoms with van der Waals surface area (Å²) in [5, 5.41) is 7.17. The van der Waals surface area contributed by atoms with Crippen molar-refractivity contribution in [2.45, 2.75) is 25.9 Å². The van der Waals surface area contributed by atoms with Gasteiger partial charge in [0, 0.05) is 12.6 Å². The molecule has 1 amide bonds. The number of para-hydroxylation sites is 1. The van der Waals surface area contributed by atoms with E-state index in [2.05, 4.69) is 46.5 Å². The second-order valence-corrected chi connectivity index (χ2v) is 7.73. The standard InChI is InChI=1S/C25H30N4O3/c1-4-19-10-12-20(13-11-19)23(28(2)3)18-26-25(31)22-14-15-24(30)29(27-22)16-17-32-21-8-6-5-7-9-21/h5-15,23H,4,16-18H2,1-3H3,(H,26,31). The first kappa shape index (κ1) is 23.2. The highest BCUT2D eigenvalue weighted by Crippen LogP contribution is 2.18. The van der Waals surface area contributed by atoms with E-state index in [1.807, 2.05) is 44.4 Å². The topological polar surface area (TPSA) is 76.5 Å². The summed E-state index contributed by atoms with van der Waals surface area (Å²) in [6.07, 6.45) is 0.988. The fourth-order valence-electron chi connectivity index (χ4n) is 3.35. The maximum absolute atomic E-state index is 12.7. The average Bonchev–Trinajstić information content (AvgIpc) is 2.81. The number of nitrogens with zero attached hydrogens (tertiary/aromatic N) is 3. The molecule has 0 aliphatic heterocycles. The molecule has 0 spiro atoms. The molecule has 32 heavy (non-hydrogen) atoms. The number of carbonyl (C=O) groups excluding carboxylic acids is 1. The van der Waals surface area contributed by atoms with Crippen LogP contribution in [0.1, 0.15) is 34.6 Å². The van der Waals surface area contributed by atoms with Gasteiger partial charge in [0.2, 0.25) is 0 Å². The number of hydrogen-bond donors (Lipinski definition) is 1. The summed E-state index contributed by atoms with van der Waals surface area (Å²) >= 11 is 0. The number of amides is 1. The van der Waals surface area contributed by atoms with Gasteiger partial charge in [0.15, 0.2) is 0 Å². The van der Waals surface area contributed by atoms with E-state index in [4.69, 9.17) is 4.74 Å². The monoisotopic (exact) mass is 434 g/mol. The van der Waals surface area contributed by atoms with Gasteiger partial charge in [-0.25, -0.2) is 4.68 Å². The Morgan fingerprint density at radius 3 is 2.44 bits per heavy atom. The normalized spacial score (nSPS) is 11.9. The number of benzene rings is 2. The Balaban J connectivity index is 1.62. The number of rotatable bonds is 10. The number of hydrogen-bond acceptors (Lipinski definition) is 5. The Morgan fingerprint density at radius 2 is 1.78 bits per heavy atom. The maximum atomic E-state index is 12.7. The minimum Gasteiger partial charge on any atom is -0.492 e. The van der Waals surface area contributed by atoms with Crippen LogP contribution in [0.25, 0.3) is 0 Å². The number of likely N-dealkylation sites (N-methyl/N-ethyl adjacent to an activating group) is 1. The molecule has 3 rings (SSSR count). The molecule has 1 heterocycles. The summed E-state index contributed by atoms with van der Waals surface area (Å²) in [4.78, 5) is 26.9. The van der Waals surface area contributed by atoms with Crippen molar-refractivity contribution in [3.8, 4) is 5.75 Å². The second kappa shape index (κ2) is 11.2. The number of ether oxygens (including phenoxy) is 1. The van der Waals surface area contributed by atoms with Crippen molar-refractivity contribution in [2.75, 3.05) is 27.2 Å². The van der Waals surface area contributed by atoms with Crippen molar-refractivity contribution < 1.29 is 9.53 Å². The van der Waals surface area contributed by atoms with Gasteiger partial charge >= 0.3 is 0 Å². The Kier molecular flexibility index (Phi) is 8.16. The molecule has 0 aliphatic carbocycles. The SMILES string of the molecule is CCc1ccc(C(CNC(=O)c2ccc(=O)n(CCOc3ccccc3)n2)N(C)C)cc1. The van der Waals surface area contributed by atoms with Crippen LogP contribution < -0.4 is 15.6 Å². The smallest absolute Gasteiger partial charge is 0.271 e. The Hall–Kier alpha value is -3.45. The highest BCUT2D eigenvalue weighted by Gasteiger charge is 2.17. The van der Waals surface area contributed by atoms with E-state index in [0.29, 0.717) is 6.54 Å². The Bertz CT molecular complexity index is 1060. The zero-order valence-corrected chi connectivity index (χ0v) is 18.8. The van der Waals surface area contributed by atoms with Gasteiger partial charge in [-0.2, -0.15) is 5.10 Å². The van der Waals surface area contributed by atoms with Crippen molar-refractivity contribution >= 4 is 5.91 Å². The van der Waals surface area contributed by atoms with E-state index in [1.165, 1.54) is 22.4 Å². The van der Waals surface area contributed by atoms with Gasteiger partial charge in [0.05, 0.1) is 12.6 Å². The molecule has 2 aromatic carbocycles. The van der Waals surface area contributed by atoms with Gasteiger partial charge in [0.1, 0.15) is 18.1 Å². The zero-order valence-electron chi connectivity index (χ0n) is 18.8. The molecule has 0 saturated heterocycles. The summed E-state index contributed by atoms with van der Waals surface area (Å²) in [5.41, 5.74) is 2.32. The fraction of sp³-hybridized carbons (Fsp3) is 0.320. The molecule has 0 bridgehead atoms. The van der Waals surface area contributed by atoms with Crippen LogP contribution >= 0.6 is 0 Å². The zero-order chi connectivity index (χ0) is 22.9. The van der Waals surface area contributed by atoms with Crippen LogP contribution in [0.4, 0.5) is 0 Å². The van der Waals surface area contributed by atoms with Crippen molar-refractivity contribution in [1.29, 1.82) is 0 Å². The van der Waals surface area contributed by atoms with Crippen LogP contribution in [0.3, 0.4) is 0 Å². The molecule has 3 aromatic rings. The van der Waals surface area contributed by atoms with E-state index >= 15 is 0 Å². The maximum Gasteiger partial charge on any atom is 0.271 e. The van der Waals surface area contributed by atoms with Gasteiger partial charge < -0.3 is 15.0 Å². The molecule has 1 N–H and O–H groups in total. The van der Waals surface area contributed by atoms with Crippen molar-refractivity contribution in [3.05, 3.63) is 93.9 Å². The van der Waals surface area contributed by atoms with Crippen LogP contribution in [0.5, 0.6) is 5.75 Å². The van der Waals surface area contributed by atoms with Crippen molar-refractivity contribution in [1.82, 2.24) is 20.0 Å². The molecule has 7 nitrogen and oxygen atoms in total. The van der Waals surface area contributed by atoms with Crippen molar-refractivity contribution in [2.24, 2.45) is 0 Å². The quantitative estimate of drug-likeness (QED) is 0.531. The lowest BCUT2D eigenvalue weighted by Gasteiger charge is -2.25. The van der Waals surface area contributed by atoms with E-state index < -0.39 is 0 Å². The van der Waals surface area contributed by atoms with Gasteiger partial charge in [-0.1, -0.05) is 49.4 Å². The molecular weight excluding hydrogens is 404 g/mol. The Labute approximate surface area is 188 Å². The van der Waals surface area contributed by atoms with Crippen LogP contribution in [-0.4, -0.2) is 47.8 Å². The number of aryl methyl sites for hydroxylation is 1. The number of nitrogens with one attached hydrogen (secondary N) is 1. The predicted molar refractivity (Wildman–Crippen MR) is 125 cm³/mol. The minimum absolute atomic E-state index is 0.0232. The Morgan fingerprint density at radius 1 is 1.06 bits per heavy atom. The van der Waals surface area contributed by atoms with Gasteiger partial charge in [-0.3, -0.25) is 9.59 Å². The molecular formula is C25H30N4O3. The summed E-state index contributed by atoms with van der Waals surface area (Å²) < 4.78 is 6.88. The molecule has 1 unspecified atom stereocenters. The second-order valence-electron chi connectivity index (χ2n) is 7.73. The molecule has 1 atom stereocenters.